The predicted molar refractivity (Wildman–Crippen MR) is 88.7 cm³/mol. The van der Waals surface area contributed by atoms with Crippen LogP contribution in [0.2, 0.25) is 5.02 Å². The molecule has 1 saturated heterocycles. The molecule has 1 fully saturated rings. The number of nitrogens with one attached hydrogen (secondary N) is 1. The Hall–Kier alpha value is -0.620. The molecule has 21 heavy (non-hydrogen) atoms. The van der Waals surface area contributed by atoms with E-state index in [2.05, 4.69) is 26.1 Å². The molecule has 1 aromatic rings. The summed E-state index contributed by atoms with van der Waals surface area (Å²) in [4.78, 5) is 14.3. The summed E-state index contributed by atoms with van der Waals surface area (Å²) in [6.45, 7) is 1.25. The largest absolute Gasteiger partial charge is 0.395 e. The molecule has 6 heteroatoms. The van der Waals surface area contributed by atoms with Crippen molar-refractivity contribution in [1.29, 1.82) is 0 Å². The number of nitrogens with zero attached hydrogens (tertiary/aromatic N) is 1. The molecule has 1 unspecified atom stereocenters. The highest BCUT2D eigenvalue weighted by Crippen LogP contribution is 2.25. The summed E-state index contributed by atoms with van der Waals surface area (Å²) in [5.74, 6) is -0.0976. The lowest BCUT2D eigenvalue weighted by Gasteiger charge is -2.27. The van der Waals surface area contributed by atoms with Crippen molar-refractivity contribution in [2.45, 2.75) is 31.7 Å². The normalized spacial score (nSPS) is 20.0. The van der Waals surface area contributed by atoms with Gasteiger partial charge in [-0.05, 0) is 37.6 Å². The van der Waals surface area contributed by atoms with Gasteiger partial charge in [0.15, 0.2) is 0 Å². The van der Waals surface area contributed by atoms with E-state index in [1.807, 2.05) is 6.07 Å². The second-order valence-electron chi connectivity index (χ2n) is 5.33. The van der Waals surface area contributed by atoms with Crippen molar-refractivity contribution >= 4 is 39.1 Å². The Morgan fingerprint density at radius 1 is 1.43 bits per heavy atom. The molecule has 1 aliphatic heterocycles. The molecule has 4 nitrogen and oxygen atoms in total. The zero-order valence-electron chi connectivity index (χ0n) is 11.8. The smallest absolute Gasteiger partial charge is 0.238 e. The summed E-state index contributed by atoms with van der Waals surface area (Å²) in [7, 11) is 0. The molecule has 1 heterocycles. The number of hydrogen-bond acceptors (Lipinski definition) is 3. The molecule has 0 spiro atoms. The second-order valence-corrected chi connectivity index (χ2v) is 6.65. The minimum absolute atomic E-state index is 0.0821. The Balaban J connectivity index is 1.96. The van der Waals surface area contributed by atoms with Gasteiger partial charge in [-0.1, -0.05) is 40.4 Å². The quantitative estimate of drug-likeness (QED) is 0.849. The van der Waals surface area contributed by atoms with Gasteiger partial charge in [-0.15, -0.1) is 0 Å². The third-order valence-electron chi connectivity index (χ3n) is 3.76. The van der Waals surface area contributed by atoms with Crippen LogP contribution in [0.5, 0.6) is 0 Å². The second kappa shape index (κ2) is 8.13. The van der Waals surface area contributed by atoms with Crippen LogP contribution in [0.3, 0.4) is 0 Å². The molecule has 0 saturated carbocycles. The van der Waals surface area contributed by atoms with Crippen molar-refractivity contribution in [3.8, 4) is 0 Å². The fraction of sp³-hybridized carbons (Fsp3) is 0.533. The van der Waals surface area contributed by atoms with E-state index in [-0.39, 0.29) is 25.1 Å². The van der Waals surface area contributed by atoms with E-state index in [1.54, 1.807) is 12.1 Å². The molecule has 1 aromatic carbocycles. The van der Waals surface area contributed by atoms with Gasteiger partial charge < -0.3 is 10.4 Å². The first-order valence-electron chi connectivity index (χ1n) is 7.20. The van der Waals surface area contributed by atoms with Crippen LogP contribution in [0, 0.1) is 0 Å². The van der Waals surface area contributed by atoms with Crippen LogP contribution in [-0.4, -0.2) is 41.7 Å². The lowest BCUT2D eigenvalue weighted by molar-refractivity contribution is -0.118. The van der Waals surface area contributed by atoms with Gasteiger partial charge in [0.1, 0.15) is 0 Å². The molecule has 1 amide bonds. The van der Waals surface area contributed by atoms with Crippen LogP contribution in [0.4, 0.5) is 5.69 Å². The summed E-state index contributed by atoms with van der Waals surface area (Å²) >= 11 is 9.43. The monoisotopic (exact) mass is 374 g/mol. The van der Waals surface area contributed by atoms with Crippen LogP contribution >= 0.6 is 27.5 Å². The van der Waals surface area contributed by atoms with Gasteiger partial charge in [0.25, 0.3) is 0 Å². The molecule has 1 aliphatic rings. The molecule has 0 radical (unpaired) electrons. The Bertz CT molecular complexity index is 499. The van der Waals surface area contributed by atoms with Gasteiger partial charge in [0.05, 0.1) is 23.9 Å². The number of aliphatic hydroxyl groups is 1. The number of halogens is 2. The van der Waals surface area contributed by atoms with Crippen molar-refractivity contribution in [3.05, 3.63) is 27.7 Å². The van der Waals surface area contributed by atoms with Gasteiger partial charge in [0, 0.05) is 10.5 Å². The maximum absolute atomic E-state index is 12.2. The lowest BCUT2D eigenvalue weighted by atomic mass is 10.1. The molecular weight excluding hydrogens is 356 g/mol. The van der Waals surface area contributed by atoms with Gasteiger partial charge in [-0.25, -0.2) is 0 Å². The van der Waals surface area contributed by atoms with Crippen molar-refractivity contribution in [1.82, 2.24) is 4.90 Å². The zero-order valence-corrected chi connectivity index (χ0v) is 14.2. The van der Waals surface area contributed by atoms with Gasteiger partial charge >= 0.3 is 0 Å². The van der Waals surface area contributed by atoms with E-state index in [1.165, 1.54) is 0 Å². The number of rotatable bonds is 4. The van der Waals surface area contributed by atoms with Crippen LogP contribution in [0.1, 0.15) is 25.7 Å². The van der Waals surface area contributed by atoms with E-state index < -0.39 is 0 Å². The van der Waals surface area contributed by atoms with Crippen molar-refractivity contribution in [2.75, 3.05) is 25.0 Å². The summed E-state index contributed by atoms with van der Waals surface area (Å²) in [5, 5.41) is 12.8. The molecule has 0 aromatic heterocycles. The Morgan fingerprint density at radius 2 is 2.24 bits per heavy atom. The number of carbonyl (C=O) groups is 1. The van der Waals surface area contributed by atoms with Crippen molar-refractivity contribution in [2.24, 2.45) is 0 Å². The maximum atomic E-state index is 12.2. The summed E-state index contributed by atoms with van der Waals surface area (Å²) < 4.78 is 0.873. The Kier molecular flexibility index (Phi) is 6.48. The number of aliphatic hydroxyl groups excluding tert-OH is 1. The highest BCUT2D eigenvalue weighted by Gasteiger charge is 2.22. The predicted octanol–water partition coefficient (Wildman–Crippen LogP) is 3.28. The van der Waals surface area contributed by atoms with Gasteiger partial charge in [-0.3, -0.25) is 9.69 Å². The number of anilines is 1. The van der Waals surface area contributed by atoms with E-state index in [0.29, 0.717) is 10.7 Å². The molecule has 2 N–H and O–H groups in total. The maximum Gasteiger partial charge on any atom is 0.238 e. The molecule has 0 bridgehead atoms. The first-order valence-corrected chi connectivity index (χ1v) is 8.37. The number of likely N-dealkylation sites (tertiary alicyclic amines) is 1. The fourth-order valence-corrected chi connectivity index (χ4v) is 3.34. The van der Waals surface area contributed by atoms with Gasteiger partial charge in [-0.2, -0.15) is 0 Å². The first-order chi connectivity index (χ1) is 10.1. The SMILES string of the molecule is O=C(CN1CCCCCC1CO)Nc1ccc(Br)cc1Cl. The summed E-state index contributed by atoms with van der Waals surface area (Å²) in [5.41, 5.74) is 0.611. The highest BCUT2D eigenvalue weighted by molar-refractivity contribution is 9.10. The average molecular weight is 376 g/mol. The topological polar surface area (TPSA) is 52.6 Å². The Morgan fingerprint density at radius 3 is 2.95 bits per heavy atom. The third kappa shape index (κ3) is 4.95. The standard InChI is InChI=1S/C15H20BrClN2O2/c16-11-5-6-14(13(17)8-11)18-15(21)9-19-7-3-1-2-4-12(19)10-20/h5-6,8,12,20H,1-4,7,9-10H2,(H,18,21). The number of carbonyl (C=O) groups excluding carboxylic acids is 1. The Labute approximate surface area is 138 Å². The molecule has 0 aliphatic carbocycles. The first kappa shape index (κ1) is 16.7. The molecular formula is C15H20BrClN2O2. The van der Waals surface area contributed by atoms with Crippen LogP contribution < -0.4 is 5.32 Å². The van der Waals surface area contributed by atoms with Crippen molar-refractivity contribution in [3.63, 3.8) is 0 Å². The molecule has 1 atom stereocenters. The number of hydrogen-bond donors (Lipinski definition) is 2. The minimum atomic E-state index is -0.0976. The molecule has 2 rings (SSSR count). The molecule has 116 valence electrons. The van der Waals surface area contributed by atoms with Crippen molar-refractivity contribution < 1.29 is 9.90 Å². The average Bonchev–Trinajstić information content (AvgIpc) is 2.67. The van der Waals surface area contributed by atoms with Gasteiger partial charge in [0.2, 0.25) is 5.91 Å². The van der Waals surface area contributed by atoms with Crippen LogP contribution in [0.25, 0.3) is 0 Å². The summed E-state index contributed by atoms with van der Waals surface area (Å²) in [6.07, 6.45) is 4.29. The van der Waals surface area contributed by atoms with Crippen LogP contribution in [-0.2, 0) is 4.79 Å². The third-order valence-corrected chi connectivity index (χ3v) is 4.57. The van der Waals surface area contributed by atoms with E-state index >= 15 is 0 Å². The van der Waals surface area contributed by atoms with E-state index in [9.17, 15) is 9.90 Å². The fourth-order valence-electron chi connectivity index (χ4n) is 2.62. The zero-order chi connectivity index (χ0) is 15.2. The number of amides is 1. The minimum Gasteiger partial charge on any atom is -0.395 e. The van der Waals surface area contributed by atoms with E-state index in [4.69, 9.17) is 11.6 Å². The number of benzene rings is 1. The highest BCUT2D eigenvalue weighted by atomic mass is 79.9. The van der Waals surface area contributed by atoms with Crippen LogP contribution in [0.15, 0.2) is 22.7 Å². The van der Waals surface area contributed by atoms with E-state index in [0.717, 1.165) is 36.7 Å². The summed E-state index contributed by atoms with van der Waals surface area (Å²) in [6, 6.07) is 5.44. The lowest BCUT2D eigenvalue weighted by Crippen LogP contribution is -2.42.